The molecule has 2 aromatic rings. The fraction of sp³-hybridized carbons (Fsp3) is 0.476. The van der Waals surface area contributed by atoms with E-state index in [1.807, 2.05) is 13.8 Å². The zero-order chi connectivity index (χ0) is 22.8. The van der Waals surface area contributed by atoms with Crippen LogP contribution >= 0.6 is 0 Å². The molecule has 168 valence electrons. The van der Waals surface area contributed by atoms with Crippen LogP contribution in [-0.4, -0.2) is 33.5 Å². The highest BCUT2D eigenvalue weighted by Gasteiger charge is 2.34. The third kappa shape index (κ3) is 5.42. The summed E-state index contributed by atoms with van der Waals surface area (Å²) in [7, 11) is 0. The van der Waals surface area contributed by atoms with Crippen LogP contribution in [0.25, 0.3) is 0 Å². The van der Waals surface area contributed by atoms with Gasteiger partial charge in [0.05, 0.1) is 23.8 Å². The zero-order valence-electron chi connectivity index (χ0n) is 17.6. The van der Waals surface area contributed by atoms with Gasteiger partial charge in [0.2, 0.25) is 5.95 Å². The lowest BCUT2D eigenvalue weighted by molar-refractivity contribution is -0.140. The van der Waals surface area contributed by atoms with Crippen molar-refractivity contribution < 1.29 is 22.4 Å². The van der Waals surface area contributed by atoms with E-state index in [4.69, 9.17) is 0 Å². The summed E-state index contributed by atoms with van der Waals surface area (Å²) in [5.74, 6) is -0.867. The molecule has 2 heterocycles. The monoisotopic (exact) mass is 439 g/mol. The average Bonchev–Trinajstić information content (AvgIpc) is 2.69. The number of urea groups is 1. The first-order valence-electron chi connectivity index (χ1n) is 10.1. The number of benzene rings is 1. The Kier molecular flexibility index (Phi) is 6.66. The van der Waals surface area contributed by atoms with Gasteiger partial charge in [-0.1, -0.05) is 13.0 Å². The molecule has 1 unspecified atom stereocenters. The molecular weight excluding hydrogens is 414 g/mol. The molecule has 0 fully saturated rings. The van der Waals surface area contributed by atoms with Crippen LogP contribution in [0.15, 0.2) is 24.4 Å². The lowest BCUT2D eigenvalue weighted by Gasteiger charge is -2.30. The van der Waals surface area contributed by atoms with E-state index in [0.29, 0.717) is 31.4 Å². The van der Waals surface area contributed by atoms with Gasteiger partial charge < -0.3 is 15.5 Å². The van der Waals surface area contributed by atoms with Crippen LogP contribution in [0, 0.1) is 5.82 Å². The second-order valence-corrected chi connectivity index (χ2v) is 7.78. The van der Waals surface area contributed by atoms with Crippen LogP contribution in [0.2, 0.25) is 0 Å². The molecule has 1 aromatic heterocycles. The summed E-state index contributed by atoms with van der Waals surface area (Å²) < 4.78 is 52.4. The van der Waals surface area contributed by atoms with Crippen molar-refractivity contribution in [3.63, 3.8) is 0 Å². The topological polar surface area (TPSA) is 70.2 Å². The lowest BCUT2D eigenvalue weighted by Crippen LogP contribution is -2.44. The van der Waals surface area contributed by atoms with Crippen molar-refractivity contribution in [3.8, 4) is 0 Å². The van der Waals surface area contributed by atoms with E-state index in [1.54, 1.807) is 18.0 Å². The second-order valence-electron chi connectivity index (χ2n) is 7.78. The molecule has 2 amide bonds. The Bertz CT molecular complexity index is 948. The number of carbonyl (C=O) groups excluding carboxylic acids is 1. The largest absolute Gasteiger partial charge is 0.419 e. The van der Waals surface area contributed by atoms with E-state index < -0.39 is 23.6 Å². The van der Waals surface area contributed by atoms with Gasteiger partial charge in [-0.25, -0.2) is 19.2 Å². The molecule has 10 heteroatoms. The van der Waals surface area contributed by atoms with Crippen molar-refractivity contribution in [1.29, 1.82) is 0 Å². The smallest absolute Gasteiger partial charge is 0.352 e. The molecule has 31 heavy (non-hydrogen) atoms. The number of hydrogen-bond donors (Lipinski definition) is 2. The standard InChI is InChI=1S/C21H25F4N5O/c1-4-17(13-5-6-15(16(22)9-13)21(23,24)25)29-20(31)30-8-7-14-10-26-19(27-12(2)3)28-18(14)11-30/h5-6,9-10,12,17H,4,7-8,11H2,1-3H3,(H,29,31)(H,26,27,28). The summed E-state index contributed by atoms with van der Waals surface area (Å²) in [6, 6.07) is 1.90. The molecule has 0 saturated heterocycles. The van der Waals surface area contributed by atoms with Crippen LogP contribution in [0.3, 0.4) is 0 Å². The van der Waals surface area contributed by atoms with Gasteiger partial charge in [0, 0.05) is 18.8 Å². The second kappa shape index (κ2) is 9.07. The quantitative estimate of drug-likeness (QED) is 0.664. The third-order valence-electron chi connectivity index (χ3n) is 5.06. The first-order chi connectivity index (χ1) is 14.6. The van der Waals surface area contributed by atoms with E-state index in [-0.39, 0.29) is 24.2 Å². The van der Waals surface area contributed by atoms with Crippen LogP contribution in [0.1, 0.15) is 55.6 Å². The Morgan fingerprint density at radius 1 is 1.29 bits per heavy atom. The number of alkyl halides is 3. The van der Waals surface area contributed by atoms with E-state index in [1.165, 1.54) is 6.07 Å². The van der Waals surface area contributed by atoms with Gasteiger partial charge in [-0.3, -0.25) is 0 Å². The number of fused-ring (bicyclic) bond motifs is 1. The van der Waals surface area contributed by atoms with Crippen LogP contribution in [0.5, 0.6) is 0 Å². The molecule has 1 aliphatic rings. The zero-order valence-corrected chi connectivity index (χ0v) is 17.6. The van der Waals surface area contributed by atoms with Crippen molar-refractivity contribution in [2.24, 2.45) is 0 Å². The predicted molar refractivity (Wildman–Crippen MR) is 108 cm³/mol. The minimum Gasteiger partial charge on any atom is -0.352 e. The van der Waals surface area contributed by atoms with E-state index in [9.17, 15) is 22.4 Å². The average molecular weight is 439 g/mol. The maximum absolute atomic E-state index is 14.0. The maximum atomic E-state index is 14.0. The highest BCUT2D eigenvalue weighted by Crippen LogP contribution is 2.33. The molecule has 0 radical (unpaired) electrons. The Hall–Kier alpha value is -2.91. The van der Waals surface area contributed by atoms with Gasteiger partial charge >= 0.3 is 12.2 Å². The molecule has 6 nitrogen and oxygen atoms in total. The number of aromatic nitrogens is 2. The number of anilines is 1. The summed E-state index contributed by atoms with van der Waals surface area (Å²) in [5.41, 5.74) is 0.670. The van der Waals surface area contributed by atoms with Crippen molar-refractivity contribution in [1.82, 2.24) is 20.2 Å². The van der Waals surface area contributed by atoms with Gasteiger partial charge in [0.25, 0.3) is 0 Å². The van der Waals surface area contributed by atoms with Gasteiger partial charge in [-0.05, 0) is 49.9 Å². The number of hydrogen-bond acceptors (Lipinski definition) is 4. The normalized spacial score (nSPS) is 14.9. The fourth-order valence-corrected chi connectivity index (χ4v) is 3.44. The van der Waals surface area contributed by atoms with Crippen LogP contribution in [0.4, 0.5) is 28.3 Å². The summed E-state index contributed by atoms with van der Waals surface area (Å²) in [5, 5.41) is 5.92. The lowest BCUT2D eigenvalue weighted by atomic mass is 10.0. The summed E-state index contributed by atoms with van der Waals surface area (Å²) >= 11 is 0. The molecule has 1 atom stereocenters. The first kappa shape index (κ1) is 22.8. The molecule has 1 aliphatic heterocycles. The highest BCUT2D eigenvalue weighted by molar-refractivity contribution is 5.75. The molecule has 2 N–H and O–H groups in total. The molecule has 3 rings (SSSR count). The number of carbonyl (C=O) groups is 1. The number of halogens is 4. The first-order valence-corrected chi connectivity index (χ1v) is 10.1. The SMILES string of the molecule is CCC(NC(=O)N1CCc2cnc(NC(C)C)nc2C1)c1ccc(C(F)(F)F)c(F)c1. The van der Waals surface area contributed by atoms with Crippen LogP contribution < -0.4 is 10.6 Å². The molecular formula is C21H25F4N5O. The summed E-state index contributed by atoms with van der Waals surface area (Å²) in [4.78, 5) is 23.2. The molecule has 0 spiro atoms. The molecule has 0 saturated carbocycles. The van der Waals surface area contributed by atoms with E-state index in [0.717, 1.165) is 17.3 Å². The summed E-state index contributed by atoms with van der Waals surface area (Å²) in [6.07, 6.45) is -2.02. The molecule has 0 aliphatic carbocycles. The molecule has 0 bridgehead atoms. The van der Waals surface area contributed by atoms with E-state index in [2.05, 4.69) is 20.6 Å². The third-order valence-corrected chi connectivity index (χ3v) is 5.06. The Morgan fingerprint density at radius 3 is 2.65 bits per heavy atom. The number of nitrogens with zero attached hydrogens (tertiary/aromatic N) is 3. The van der Waals surface area contributed by atoms with Gasteiger partial charge in [-0.2, -0.15) is 13.2 Å². The van der Waals surface area contributed by atoms with E-state index >= 15 is 0 Å². The van der Waals surface area contributed by atoms with Crippen molar-refractivity contribution in [3.05, 3.63) is 52.6 Å². The van der Waals surface area contributed by atoms with Gasteiger partial charge in [-0.15, -0.1) is 0 Å². The summed E-state index contributed by atoms with van der Waals surface area (Å²) in [6.45, 7) is 6.45. The van der Waals surface area contributed by atoms with Crippen molar-refractivity contribution in [2.75, 3.05) is 11.9 Å². The number of nitrogens with one attached hydrogen (secondary N) is 2. The molecule has 1 aromatic carbocycles. The minimum atomic E-state index is -4.76. The number of rotatable bonds is 5. The fourth-order valence-electron chi connectivity index (χ4n) is 3.44. The minimum absolute atomic E-state index is 0.162. The Morgan fingerprint density at radius 2 is 2.03 bits per heavy atom. The predicted octanol–water partition coefficient (Wildman–Crippen LogP) is 4.67. The number of amides is 2. The van der Waals surface area contributed by atoms with Gasteiger partial charge in [0.15, 0.2) is 0 Å². The Labute approximate surface area is 178 Å². The van der Waals surface area contributed by atoms with Gasteiger partial charge in [0.1, 0.15) is 5.82 Å². The van der Waals surface area contributed by atoms with Crippen LogP contribution in [-0.2, 0) is 19.1 Å². The van der Waals surface area contributed by atoms with Crippen molar-refractivity contribution in [2.45, 2.75) is 58.4 Å². The highest BCUT2D eigenvalue weighted by atomic mass is 19.4. The van der Waals surface area contributed by atoms with Crippen molar-refractivity contribution >= 4 is 12.0 Å². The maximum Gasteiger partial charge on any atom is 0.419 e. The Balaban J connectivity index is 1.71.